The van der Waals surface area contributed by atoms with Crippen molar-refractivity contribution in [2.75, 3.05) is 13.7 Å². The molecule has 2 atom stereocenters. The fourth-order valence-electron chi connectivity index (χ4n) is 3.07. The summed E-state index contributed by atoms with van der Waals surface area (Å²) in [7, 11) is 1.77. The molecule has 0 amide bonds. The lowest BCUT2D eigenvalue weighted by Crippen LogP contribution is -2.26. The Morgan fingerprint density at radius 2 is 2.26 bits per heavy atom. The van der Waals surface area contributed by atoms with E-state index in [4.69, 9.17) is 9.72 Å². The summed E-state index contributed by atoms with van der Waals surface area (Å²) < 4.78 is 5.59. The average Bonchev–Trinajstić information content (AvgIpc) is 3.25. The third-order valence-corrected chi connectivity index (χ3v) is 4.21. The lowest BCUT2D eigenvalue weighted by molar-refractivity contribution is 0.0768. The standard InChI is InChI=1S/C15H23N3O/c1-3-16-12-5-4-6-13-11(12)9-17-15(18-13)14(19-2)10-7-8-10/h9-10,12,14,16H,3-8H2,1-2H3. The normalized spacial score (nSPS) is 24.0. The van der Waals surface area contributed by atoms with Crippen molar-refractivity contribution in [2.24, 2.45) is 5.92 Å². The van der Waals surface area contributed by atoms with E-state index < -0.39 is 0 Å². The van der Waals surface area contributed by atoms with Crippen molar-refractivity contribution in [3.63, 3.8) is 0 Å². The number of aryl methyl sites for hydroxylation is 1. The van der Waals surface area contributed by atoms with Gasteiger partial charge in [-0.1, -0.05) is 6.92 Å². The van der Waals surface area contributed by atoms with Crippen molar-refractivity contribution in [3.8, 4) is 0 Å². The minimum Gasteiger partial charge on any atom is -0.373 e. The Bertz CT molecular complexity index is 445. The van der Waals surface area contributed by atoms with Gasteiger partial charge in [0.15, 0.2) is 5.82 Å². The maximum Gasteiger partial charge on any atom is 0.157 e. The van der Waals surface area contributed by atoms with Gasteiger partial charge in [0.05, 0.1) is 0 Å². The third-order valence-electron chi connectivity index (χ3n) is 4.21. The molecule has 1 aromatic heterocycles. The van der Waals surface area contributed by atoms with Crippen molar-refractivity contribution in [1.29, 1.82) is 0 Å². The number of methoxy groups -OCH3 is 1. The Labute approximate surface area is 115 Å². The molecular formula is C15H23N3O. The first-order valence-electron chi connectivity index (χ1n) is 7.45. The molecule has 0 aliphatic heterocycles. The number of nitrogens with zero attached hydrogens (tertiary/aromatic N) is 2. The second kappa shape index (κ2) is 5.55. The van der Waals surface area contributed by atoms with Crippen molar-refractivity contribution >= 4 is 0 Å². The number of hydrogen-bond donors (Lipinski definition) is 1. The maximum absolute atomic E-state index is 5.59. The molecule has 4 heteroatoms. The molecular weight excluding hydrogens is 238 g/mol. The molecule has 0 bridgehead atoms. The molecule has 3 rings (SSSR count). The molecule has 0 aromatic carbocycles. The van der Waals surface area contributed by atoms with Crippen LogP contribution >= 0.6 is 0 Å². The summed E-state index contributed by atoms with van der Waals surface area (Å²) in [6, 6.07) is 0.435. The summed E-state index contributed by atoms with van der Waals surface area (Å²) in [6.45, 7) is 3.15. The molecule has 1 saturated carbocycles. The highest BCUT2D eigenvalue weighted by Crippen LogP contribution is 2.42. The zero-order chi connectivity index (χ0) is 13.2. The van der Waals surface area contributed by atoms with E-state index in [2.05, 4.69) is 17.2 Å². The second-order valence-electron chi connectivity index (χ2n) is 5.63. The van der Waals surface area contributed by atoms with E-state index in [0.717, 1.165) is 18.8 Å². The number of ether oxygens (including phenoxy) is 1. The summed E-state index contributed by atoms with van der Waals surface area (Å²) in [5, 5.41) is 3.53. The fraction of sp³-hybridized carbons (Fsp3) is 0.733. The predicted molar refractivity (Wildman–Crippen MR) is 73.9 cm³/mol. The zero-order valence-corrected chi connectivity index (χ0v) is 11.9. The topological polar surface area (TPSA) is 47.0 Å². The highest BCUT2D eigenvalue weighted by Gasteiger charge is 2.35. The Balaban J connectivity index is 1.86. The number of aromatic nitrogens is 2. The van der Waals surface area contributed by atoms with Gasteiger partial charge in [-0.05, 0) is 44.6 Å². The van der Waals surface area contributed by atoms with Gasteiger partial charge in [0.1, 0.15) is 6.10 Å². The Morgan fingerprint density at radius 3 is 2.95 bits per heavy atom. The van der Waals surface area contributed by atoms with E-state index >= 15 is 0 Å². The molecule has 1 N–H and O–H groups in total. The lowest BCUT2D eigenvalue weighted by Gasteiger charge is -2.26. The van der Waals surface area contributed by atoms with Crippen LogP contribution in [0.3, 0.4) is 0 Å². The first-order chi connectivity index (χ1) is 9.33. The summed E-state index contributed by atoms with van der Waals surface area (Å²) in [4.78, 5) is 9.38. The lowest BCUT2D eigenvalue weighted by atomic mass is 9.92. The first kappa shape index (κ1) is 13.0. The monoisotopic (exact) mass is 261 g/mol. The Kier molecular flexibility index (Phi) is 3.80. The Morgan fingerprint density at radius 1 is 1.42 bits per heavy atom. The van der Waals surface area contributed by atoms with Crippen LogP contribution in [-0.4, -0.2) is 23.6 Å². The predicted octanol–water partition coefficient (Wildman–Crippen LogP) is 2.56. The van der Waals surface area contributed by atoms with Crippen LogP contribution in [-0.2, 0) is 11.2 Å². The summed E-state index contributed by atoms with van der Waals surface area (Å²) >= 11 is 0. The van der Waals surface area contributed by atoms with Crippen molar-refractivity contribution in [1.82, 2.24) is 15.3 Å². The summed E-state index contributed by atoms with van der Waals surface area (Å²) in [6.07, 6.45) is 8.11. The van der Waals surface area contributed by atoms with Crippen LogP contribution in [0.2, 0.25) is 0 Å². The van der Waals surface area contributed by atoms with E-state index in [0.29, 0.717) is 12.0 Å². The van der Waals surface area contributed by atoms with Gasteiger partial charge in [-0.25, -0.2) is 9.97 Å². The Hall–Kier alpha value is -1.00. The quantitative estimate of drug-likeness (QED) is 0.885. The smallest absolute Gasteiger partial charge is 0.157 e. The highest BCUT2D eigenvalue weighted by molar-refractivity contribution is 5.25. The van der Waals surface area contributed by atoms with E-state index in [-0.39, 0.29) is 6.10 Å². The van der Waals surface area contributed by atoms with Crippen LogP contribution in [0.4, 0.5) is 0 Å². The molecule has 0 radical (unpaired) electrons. The van der Waals surface area contributed by atoms with Crippen LogP contribution in [0.5, 0.6) is 0 Å². The number of hydrogen-bond acceptors (Lipinski definition) is 4. The molecule has 19 heavy (non-hydrogen) atoms. The number of rotatable bonds is 5. The molecule has 104 valence electrons. The van der Waals surface area contributed by atoms with Crippen LogP contribution in [0.15, 0.2) is 6.20 Å². The molecule has 2 aliphatic rings. The van der Waals surface area contributed by atoms with Crippen molar-refractivity contribution in [3.05, 3.63) is 23.3 Å². The molecule has 2 unspecified atom stereocenters. The van der Waals surface area contributed by atoms with E-state index in [1.165, 1.54) is 36.9 Å². The van der Waals surface area contributed by atoms with Crippen LogP contribution < -0.4 is 5.32 Å². The number of fused-ring (bicyclic) bond motifs is 1. The molecule has 1 aromatic rings. The fourth-order valence-corrected chi connectivity index (χ4v) is 3.07. The molecule has 2 aliphatic carbocycles. The number of nitrogens with one attached hydrogen (secondary N) is 1. The first-order valence-corrected chi connectivity index (χ1v) is 7.45. The molecule has 4 nitrogen and oxygen atoms in total. The largest absolute Gasteiger partial charge is 0.373 e. The molecule has 0 spiro atoms. The third kappa shape index (κ3) is 2.65. The second-order valence-corrected chi connectivity index (χ2v) is 5.63. The van der Waals surface area contributed by atoms with Crippen LogP contribution in [0, 0.1) is 5.92 Å². The van der Waals surface area contributed by atoms with Gasteiger partial charge in [-0.2, -0.15) is 0 Å². The van der Waals surface area contributed by atoms with E-state index in [9.17, 15) is 0 Å². The van der Waals surface area contributed by atoms with E-state index in [1.54, 1.807) is 7.11 Å². The van der Waals surface area contributed by atoms with Gasteiger partial charge in [-0.15, -0.1) is 0 Å². The SMILES string of the molecule is CCNC1CCCc2nc(C(OC)C3CC3)ncc21. The highest BCUT2D eigenvalue weighted by atomic mass is 16.5. The van der Waals surface area contributed by atoms with Crippen molar-refractivity contribution < 1.29 is 4.74 Å². The molecule has 1 heterocycles. The zero-order valence-electron chi connectivity index (χ0n) is 11.9. The van der Waals surface area contributed by atoms with Gasteiger partial charge in [0.25, 0.3) is 0 Å². The van der Waals surface area contributed by atoms with Crippen LogP contribution in [0.25, 0.3) is 0 Å². The minimum atomic E-state index is 0.102. The molecule has 1 fully saturated rings. The maximum atomic E-state index is 5.59. The average molecular weight is 261 g/mol. The van der Waals surface area contributed by atoms with Gasteiger partial charge < -0.3 is 10.1 Å². The van der Waals surface area contributed by atoms with Gasteiger partial charge >= 0.3 is 0 Å². The minimum absolute atomic E-state index is 0.102. The van der Waals surface area contributed by atoms with Gasteiger partial charge in [0.2, 0.25) is 0 Å². The summed E-state index contributed by atoms with van der Waals surface area (Å²) in [5.74, 6) is 1.53. The van der Waals surface area contributed by atoms with Crippen LogP contribution in [0.1, 0.15) is 61.8 Å². The van der Waals surface area contributed by atoms with E-state index in [1.807, 2.05) is 6.20 Å². The van der Waals surface area contributed by atoms with Gasteiger partial charge in [0, 0.05) is 30.6 Å². The molecule has 0 saturated heterocycles. The summed E-state index contributed by atoms with van der Waals surface area (Å²) in [5.41, 5.74) is 2.52. The van der Waals surface area contributed by atoms with Gasteiger partial charge in [-0.3, -0.25) is 0 Å². The van der Waals surface area contributed by atoms with Crippen molar-refractivity contribution in [2.45, 2.75) is 51.2 Å².